The van der Waals surface area contributed by atoms with Crippen LogP contribution in [0.15, 0.2) is 47.4 Å². The highest BCUT2D eigenvalue weighted by molar-refractivity contribution is 7.89. The first kappa shape index (κ1) is 27.0. The lowest BCUT2D eigenvalue weighted by Gasteiger charge is -2.53. The molecule has 0 spiro atoms. The van der Waals surface area contributed by atoms with Crippen molar-refractivity contribution >= 4 is 62.7 Å². The topological polar surface area (TPSA) is 130 Å². The number of halogens is 3. The van der Waals surface area contributed by atoms with Crippen LogP contribution in [0.5, 0.6) is 0 Å². The maximum atomic E-state index is 14.0. The second kappa shape index (κ2) is 10.2. The predicted molar refractivity (Wildman–Crippen MR) is 139 cm³/mol. The van der Waals surface area contributed by atoms with Crippen LogP contribution in [0.4, 0.5) is 4.79 Å². The minimum Gasteiger partial charge on any atom is -0.435 e. The molecule has 2 aromatic rings. The first-order valence-electron chi connectivity index (χ1n) is 11.8. The van der Waals surface area contributed by atoms with Crippen LogP contribution < -0.4 is 5.73 Å². The van der Waals surface area contributed by atoms with Gasteiger partial charge < -0.3 is 20.3 Å². The van der Waals surface area contributed by atoms with Gasteiger partial charge >= 0.3 is 6.09 Å². The number of benzene rings is 2. The fourth-order valence-corrected chi connectivity index (χ4v) is 7.55. The van der Waals surface area contributed by atoms with Crippen molar-refractivity contribution in [3.63, 3.8) is 0 Å². The van der Waals surface area contributed by atoms with E-state index in [1.165, 1.54) is 23.1 Å². The molecule has 5 rings (SSSR count). The average Bonchev–Trinajstić information content (AvgIpc) is 3.67. The zero-order chi connectivity index (χ0) is 27.4. The summed E-state index contributed by atoms with van der Waals surface area (Å²) in [4.78, 5) is 41.6. The van der Waals surface area contributed by atoms with Gasteiger partial charge in [-0.15, -0.1) is 0 Å². The van der Waals surface area contributed by atoms with E-state index in [2.05, 4.69) is 0 Å². The average molecular weight is 602 g/mol. The third-order valence-corrected chi connectivity index (χ3v) is 9.65. The number of sulfonamides is 1. The fourth-order valence-electron chi connectivity index (χ4n) is 5.02. The van der Waals surface area contributed by atoms with Crippen LogP contribution in [-0.4, -0.2) is 77.9 Å². The third-order valence-electron chi connectivity index (χ3n) is 6.84. The van der Waals surface area contributed by atoms with E-state index in [0.717, 1.165) is 17.1 Å². The maximum Gasteiger partial charge on any atom is 0.405 e. The Labute approximate surface area is 234 Å². The van der Waals surface area contributed by atoms with Gasteiger partial charge in [-0.3, -0.25) is 9.59 Å². The molecule has 38 heavy (non-hydrogen) atoms. The number of nitrogens with zero attached hydrogens (tertiary/aromatic N) is 3. The molecular formula is C24H23Cl3N4O6S. The van der Waals surface area contributed by atoms with Gasteiger partial charge in [-0.2, -0.15) is 4.31 Å². The molecule has 1 aliphatic carbocycles. The Bertz CT molecular complexity index is 1420. The molecule has 2 heterocycles. The van der Waals surface area contributed by atoms with Gasteiger partial charge in [0.1, 0.15) is 17.1 Å². The Morgan fingerprint density at radius 2 is 1.71 bits per heavy atom. The van der Waals surface area contributed by atoms with Gasteiger partial charge in [0.05, 0.1) is 18.1 Å². The van der Waals surface area contributed by atoms with E-state index in [4.69, 9.17) is 45.3 Å². The number of rotatable bonds is 6. The summed E-state index contributed by atoms with van der Waals surface area (Å²) in [6.07, 6.45) is -2.26. The standard InChI is InChI=1S/C24H23Cl3N4O6S/c25-14-3-1-2-13(8-14)9-18-22(32)29(16-5-6-16)12-21-30(11-19(37-24(28)34)23(33)31(18)21)38(35,36)20-7-4-15(26)10-17(20)27/h1-4,7-8,10,16,18-19,21H,5-6,9,11-12H2,(H2,28,34). The van der Waals surface area contributed by atoms with Gasteiger partial charge in [0.15, 0.2) is 6.10 Å². The molecule has 3 aliphatic rings. The first-order chi connectivity index (χ1) is 18.0. The molecule has 2 saturated heterocycles. The lowest BCUT2D eigenvalue weighted by Crippen LogP contribution is -2.75. The van der Waals surface area contributed by atoms with Gasteiger partial charge in [0.2, 0.25) is 15.9 Å². The van der Waals surface area contributed by atoms with Crippen molar-refractivity contribution in [3.8, 4) is 0 Å². The van der Waals surface area contributed by atoms with Crippen LogP contribution in [-0.2, 0) is 30.8 Å². The molecule has 3 amide bonds. The number of primary amides is 1. The van der Waals surface area contributed by atoms with Crippen molar-refractivity contribution in [2.24, 2.45) is 5.73 Å². The van der Waals surface area contributed by atoms with Crippen molar-refractivity contribution in [1.29, 1.82) is 0 Å². The second-order valence-electron chi connectivity index (χ2n) is 9.37. The second-order valence-corrected chi connectivity index (χ2v) is 12.5. The molecular weight excluding hydrogens is 579 g/mol. The number of piperazine rings is 1. The molecule has 14 heteroatoms. The summed E-state index contributed by atoms with van der Waals surface area (Å²) in [6, 6.07) is 9.66. The minimum atomic E-state index is -4.36. The maximum absolute atomic E-state index is 14.0. The highest BCUT2D eigenvalue weighted by Crippen LogP contribution is 2.38. The Morgan fingerprint density at radius 3 is 2.34 bits per heavy atom. The minimum absolute atomic E-state index is 0.0466. The Kier molecular flexibility index (Phi) is 7.25. The smallest absolute Gasteiger partial charge is 0.405 e. The molecule has 1 saturated carbocycles. The number of carbonyl (C=O) groups is 3. The number of nitrogens with two attached hydrogens (primary N) is 1. The van der Waals surface area contributed by atoms with Crippen molar-refractivity contribution in [1.82, 2.24) is 14.1 Å². The summed E-state index contributed by atoms with van der Waals surface area (Å²) in [5, 5.41) is 0.571. The van der Waals surface area contributed by atoms with Crippen molar-refractivity contribution in [2.45, 2.75) is 48.5 Å². The lowest BCUT2D eigenvalue weighted by atomic mass is 9.97. The quantitative estimate of drug-likeness (QED) is 0.542. The molecule has 0 radical (unpaired) electrons. The normalized spacial score (nSPS) is 24.3. The molecule has 2 aliphatic heterocycles. The summed E-state index contributed by atoms with van der Waals surface area (Å²) >= 11 is 18.4. The van der Waals surface area contributed by atoms with Gasteiger partial charge in [0.25, 0.3) is 5.91 Å². The number of fused-ring (bicyclic) bond motifs is 1. The third kappa shape index (κ3) is 5.05. The first-order valence-corrected chi connectivity index (χ1v) is 14.3. The Balaban J connectivity index is 1.61. The van der Waals surface area contributed by atoms with Crippen molar-refractivity contribution in [3.05, 3.63) is 63.1 Å². The molecule has 3 fully saturated rings. The molecule has 3 atom stereocenters. The molecule has 10 nitrogen and oxygen atoms in total. The molecule has 3 unspecified atom stereocenters. The van der Waals surface area contributed by atoms with Gasteiger partial charge in [-0.05, 0) is 48.7 Å². The van der Waals surface area contributed by atoms with Crippen LogP contribution in [0.1, 0.15) is 18.4 Å². The predicted octanol–water partition coefficient (Wildman–Crippen LogP) is 2.89. The van der Waals surface area contributed by atoms with E-state index in [9.17, 15) is 22.8 Å². The van der Waals surface area contributed by atoms with Gasteiger partial charge in [-0.1, -0.05) is 46.9 Å². The summed E-state index contributed by atoms with van der Waals surface area (Å²) in [5.74, 6) is -1.03. The van der Waals surface area contributed by atoms with Crippen LogP contribution in [0.3, 0.4) is 0 Å². The van der Waals surface area contributed by atoms with E-state index in [1.807, 2.05) is 0 Å². The molecule has 202 valence electrons. The molecule has 2 N–H and O–H groups in total. The van der Waals surface area contributed by atoms with Crippen LogP contribution in [0.2, 0.25) is 15.1 Å². The number of amides is 3. The van der Waals surface area contributed by atoms with Crippen molar-refractivity contribution < 1.29 is 27.5 Å². The van der Waals surface area contributed by atoms with E-state index >= 15 is 0 Å². The monoisotopic (exact) mass is 600 g/mol. The van der Waals surface area contributed by atoms with Crippen LogP contribution >= 0.6 is 34.8 Å². The number of hydrogen-bond donors (Lipinski definition) is 1. The molecule has 0 aromatic heterocycles. The fraction of sp³-hybridized carbons (Fsp3) is 0.375. The van der Waals surface area contributed by atoms with E-state index in [0.29, 0.717) is 10.6 Å². The largest absolute Gasteiger partial charge is 0.435 e. The number of ether oxygens (including phenoxy) is 1. The van der Waals surface area contributed by atoms with Gasteiger partial charge in [0, 0.05) is 22.5 Å². The lowest BCUT2D eigenvalue weighted by molar-refractivity contribution is -0.174. The summed E-state index contributed by atoms with van der Waals surface area (Å²) < 4.78 is 34.0. The van der Waals surface area contributed by atoms with Crippen molar-refractivity contribution in [2.75, 3.05) is 13.1 Å². The van der Waals surface area contributed by atoms with E-state index < -0.39 is 46.9 Å². The highest BCUT2D eigenvalue weighted by Gasteiger charge is 2.56. The van der Waals surface area contributed by atoms with Crippen LogP contribution in [0.25, 0.3) is 0 Å². The Hall–Kier alpha value is -2.57. The van der Waals surface area contributed by atoms with E-state index in [1.54, 1.807) is 29.2 Å². The van der Waals surface area contributed by atoms with E-state index in [-0.39, 0.29) is 39.9 Å². The molecule has 0 bridgehead atoms. The summed E-state index contributed by atoms with van der Waals surface area (Å²) in [6.45, 7) is -0.546. The Morgan fingerprint density at radius 1 is 1.00 bits per heavy atom. The number of hydrogen-bond acceptors (Lipinski definition) is 6. The number of carbonyl (C=O) groups excluding carboxylic acids is 3. The summed E-state index contributed by atoms with van der Waals surface area (Å²) in [7, 11) is -4.36. The molecule has 2 aromatic carbocycles. The van der Waals surface area contributed by atoms with Crippen LogP contribution in [0, 0.1) is 0 Å². The zero-order valence-electron chi connectivity index (χ0n) is 19.8. The zero-order valence-corrected chi connectivity index (χ0v) is 22.9. The highest BCUT2D eigenvalue weighted by atomic mass is 35.5. The van der Waals surface area contributed by atoms with Gasteiger partial charge in [-0.25, -0.2) is 13.2 Å². The summed E-state index contributed by atoms with van der Waals surface area (Å²) in [5.41, 5.74) is 5.88. The SMILES string of the molecule is NC(=O)OC1CN(S(=O)(=O)c2ccc(Cl)cc2Cl)C2CN(C3CC3)C(=O)C(Cc3cccc(Cl)c3)N2C1=O.